The van der Waals surface area contributed by atoms with E-state index in [0.717, 1.165) is 11.1 Å². The second kappa shape index (κ2) is 4.57. The van der Waals surface area contributed by atoms with Crippen LogP contribution in [0.25, 0.3) is 0 Å². The highest BCUT2D eigenvalue weighted by atomic mass is 32.1. The summed E-state index contributed by atoms with van der Waals surface area (Å²) in [6.07, 6.45) is 1.69. The van der Waals surface area contributed by atoms with Crippen LogP contribution in [0.4, 0.5) is 14.5 Å². The Morgan fingerprint density at radius 2 is 2.19 bits per heavy atom. The summed E-state index contributed by atoms with van der Waals surface area (Å²) in [5.41, 5.74) is 0.282. The Labute approximate surface area is 96.0 Å². The van der Waals surface area contributed by atoms with Crippen LogP contribution in [-0.4, -0.2) is 4.98 Å². The van der Waals surface area contributed by atoms with E-state index in [1.54, 1.807) is 6.20 Å². The normalized spacial score (nSPS) is 12.4. The Morgan fingerprint density at radius 3 is 2.81 bits per heavy atom. The van der Waals surface area contributed by atoms with Gasteiger partial charge in [0.25, 0.3) is 0 Å². The molecule has 0 amide bonds. The highest BCUT2D eigenvalue weighted by molar-refractivity contribution is 7.09. The second-order valence-corrected chi connectivity index (χ2v) is 4.29. The van der Waals surface area contributed by atoms with Crippen LogP contribution in [0.3, 0.4) is 0 Å². The summed E-state index contributed by atoms with van der Waals surface area (Å²) >= 11 is 1.49. The van der Waals surface area contributed by atoms with Gasteiger partial charge in [0.1, 0.15) is 16.6 Å². The summed E-state index contributed by atoms with van der Waals surface area (Å²) < 4.78 is 26.0. The van der Waals surface area contributed by atoms with Gasteiger partial charge in [-0.1, -0.05) is 0 Å². The molecule has 2 aromatic rings. The van der Waals surface area contributed by atoms with E-state index < -0.39 is 11.6 Å². The van der Waals surface area contributed by atoms with Crippen LogP contribution in [0, 0.1) is 11.6 Å². The molecule has 84 valence electrons. The number of nitrogens with one attached hydrogen (secondary N) is 1. The van der Waals surface area contributed by atoms with Gasteiger partial charge in [-0.3, -0.25) is 0 Å². The summed E-state index contributed by atoms with van der Waals surface area (Å²) in [5, 5.41) is 5.67. The van der Waals surface area contributed by atoms with Crippen molar-refractivity contribution in [2.75, 3.05) is 5.32 Å². The number of nitrogens with zero attached hydrogens (tertiary/aromatic N) is 1. The molecule has 1 unspecified atom stereocenters. The lowest BCUT2D eigenvalue weighted by atomic mass is 10.2. The van der Waals surface area contributed by atoms with Gasteiger partial charge in [-0.25, -0.2) is 13.8 Å². The third-order valence-electron chi connectivity index (χ3n) is 2.12. The molecule has 2 rings (SSSR count). The minimum atomic E-state index is -0.594. The largest absolute Gasteiger partial charge is 0.374 e. The average Bonchev–Trinajstić information content (AvgIpc) is 2.75. The first kappa shape index (κ1) is 11.0. The molecule has 0 bridgehead atoms. The SMILES string of the molecule is CC(Nc1ccc(F)cc1F)c1nccs1. The van der Waals surface area contributed by atoms with Gasteiger partial charge in [-0.05, 0) is 19.1 Å². The van der Waals surface area contributed by atoms with Crippen molar-refractivity contribution < 1.29 is 8.78 Å². The quantitative estimate of drug-likeness (QED) is 0.886. The Kier molecular flexibility index (Phi) is 3.14. The number of anilines is 1. The summed E-state index contributed by atoms with van der Waals surface area (Å²) in [6, 6.07) is 3.37. The van der Waals surface area contributed by atoms with Gasteiger partial charge >= 0.3 is 0 Å². The maximum atomic E-state index is 13.3. The van der Waals surface area contributed by atoms with E-state index in [4.69, 9.17) is 0 Å². The predicted molar refractivity (Wildman–Crippen MR) is 60.5 cm³/mol. The monoisotopic (exact) mass is 240 g/mol. The molecule has 1 aromatic carbocycles. The van der Waals surface area contributed by atoms with E-state index >= 15 is 0 Å². The van der Waals surface area contributed by atoms with Gasteiger partial charge < -0.3 is 5.32 Å². The fraction of sp³-hybridized carbons (Fsp3) is 0.182. The van der Waals surface area contributed by atoms with Crippen LogP contribution in [0.2, 0.25) is 0 Å². The fourth-order valence-corrected chi connectivity index (χ4v) is 2.00. The second-order valence-electron chi connectivity index (χ2n) is 3.36. The van der Waals surface area contributed by atoms with Crippen molar-refractivity contribution in [3.05, 3.63) is 46.4 Å². The van der Waals surface area contributed by atoms with Gasteiger partial charge in [0, 0.05) is 17.6 Å². The van der Waals surface area contributed by atoms with Crippen LogP contribution < -0.4 is 5.32 Å². The molecular formula is C11H10F2N2S. The summed E-state index contributed by atoms with van der Waals surface area (Å²) in [4.78, 5) is 4.12. The molecule has 16 heavy (non-hydrogen) atoms. The minimum absolute atomic E-state index is 0.0973. The number of rotatable bonds is 3. The molecule has 2 nitrogen and oxygen atoms in total. The lowest BCUT2D eigenvalue weighted by Crippen LogP contribution is -2.07. The standard InChI is InChI=1S/C11H10F2N2S/c1-7(11-14-4-5-16-11)15-10-3-2-8(12)6-9(10)13/h2-7,15H,1H3. The molecule has 0 saturated heterocycles. The molecule has 0 radical (unpaired) electrons. The maximum Gasteiger partial charge on any atom is 0.149 e. The van der Waals surface area contributed by atoms with Gasteiger partial charge in [-0.15, -0.1) is 11.3 Å². The van der Waals surface area contributed by atoms with Crippen LogP contribution in [0.15, 0.2) is 29.8 Å². The van der Waals surface area contributed by atoms with Crippen LogP contribution in [0.1, 0.15) is 18.0 Å². The Bertz CT molecular complexity index is 471. The zero-order valence-corrected chi connectivity index (χ0v) is 9.39. The molecule has 0 fully saturated rings. The highest BCUT2D eigenvalue weighted by Gasteiger charge is 2.10. The lowest BCUT2D eigenvalue weighted by molar-refractivity contribution is 0.583. The molecular weight excluding hydrogens is 230 g/mol. The molecule has 0 spiro atoms. The molecule has 1 atom stereocenters. The minimum Gasteiger partial charge on any atom is -0.374 e. The Morgan fingerprint density at radius 1 is 1.38 bits per heavy atom. The van der Waals surface area contributed by atoms with E-state index in [9.17, 15) is 8.78 Å². The van der Waals surface area contributed by atoms with Crippen molar-refractivity contribution in [1.29, 1.82) is 0 Å². The first-order valence-electron chi connectivity index (χ1n) is 4.78. The number of halogens is 2. The highest BCUT2D eigenvalue weighted by Crippen LogP contribution is 2.23. The number of hydrogen-bond acceptors (Lipinski definition) is 3. The molecule has 0 aliphatic heterocycles. The first-order valence-corrected chi connectivity index (χ1v) is 5.66. The smallest absolute Gasteiger partial charge is 0.149 e. The van der Waals surface area contributed by atoms with Crippen molar-refractivity contribution in [1.82, 2.24) is 4.98 Å². The number of hydrogen-bond donors (Lipinski definition) is 1. The van der Waals surface area contributed by atoms with Crippen molar-refractivity contribution in [3.8, 4) is 0 Å². The Hall–Kier alpha value is -1.49. The molecule has 1 aromatic heterocycles. The van der Waals surface area contributed by atoms with E-state index in [1.807, 2.05) is 12.3 Å². The molecule has 5 heteroatoms. The van der Waals surface area contributed by atoms with E-state index in [1.165, 1.54) is 23.5 Å². The molecule has 0 aliphatic rings. The van der Waals surface area contributed by atoms with E-state index in [2.05, 4.69) is 10.3 Å². The summed E-state index contributed by atoms with van der Waals surface area (Å²) in [5.74, 6) is -1.17. The predicted octanol–water partition coefficient (Wildman–Crippen LogP) is 3.59. The lowest BCUT2D eigenvalue weighted by Gasteiger charge is -2.13. The topological polar surface area (TPSA) is 24.9 Å². The third kappa shape index (κ3) is 2.36. The van der Waals surface area contributed by atoms with Crippen LogP contribution >= 0.6 is 11.3 Å². The number of benzene rings is 1. The van der Waals surface area contributed by atoms with E-state index in [0.29, 0.717) is 0 Å². The van der Waals surface area contributed by atoms with Crippen molar-refractivity contribution in [2.45, 2.75) is 13.0 Å². The summed E-state index contributed by atoms with van der Waals surface area (Å²) in [7, 11) is 0. The van der Waals surface area contributed by atoms with Gasteiger partial charge in [0.15, 0.2) is 0 Å². The number of thiazole rings is 1. The van der Waals surface area contributed by atoms with Gasteiger partial charge in [-0.2, -0.15) is 0 Å². The molecule has 0 saturated carbocycles. The van der Waals surface area contributed by atoms with Crippen LogP contribution in [-0.2, 0) is 0 Å². The summed E-state index contributed by atoms with van der Waals surface area (Å²) in [6.45, 7) is 1.88. The number of aromatic nitrogens is 1. The zero-order valence-electron chi connectivity index (χ0n) is 8.58. The average molecular weight is 240 g/mol. The van der Waals surface area contributed by atoms with Crippen molar-refractivity contribution in [3.63, 3.8) is 0 Å². The van der Waals surface area contributed by atoms with Gasteiger partial charge in [0.2, 0.25) is 0 Å². The van der Waals surface area contributed by atoms with E-state index in [-0.39, 0.29) is 11.7 Å². The van der Waals surface area contributed by atoms with Gasteiger partial charge in [0.05, 0.1) is 11.7 Å². The maximum absolute atomic E-state index is 13.3. The fourth-order valence-electron chi connectivity index (χ4n) is 1.35. The van der Waals surface area contributed by atoms with Crippen LogP contribution in [0.5, 0.6) is 0 Å². The zero-order chi connectivity index (χ0) is 11.5. The molecule has 0 aliphatic carbocycles. The Balaban J connectivity index is 2.15. The molecule has 1 heterocycles. The first-order chi connectivity index (χ1) is 7.66. The van der Waals surface area contributed by atoms with Crippen molar-refractivity contribution >= 4 is 17.0 Å². The van der Waals surface area contributed by atoms with Crippen molar-refractivity contribution in [2.24, 2.45) is 0 Å². The third-order valence-corrected chi connectivity index (χ3v) is 3.08. The molecule has 1 N–H and O–H groups in total.